The van der Waals surface area contributed by atoms with E-state index in [4.69, 9.17) is 10.5 Å². The highest BCUT2D eigenvalue weighted by Crippen LogP contribution is 2.26. The predicted molar refractivity (Wildman–Crippen MR) is 75.1 cm³/mol. The summed E-state index contributed by atoms with van der Waals surface area (Å²) in [6.45, 7) is 7.54. The van der Waals surface area contributed by atoms with Gasteiger partial charge in [-0.1, -0.05) is 6.07 Å². The van der Waals surface area contributed by atoms with Crippen molar-refractivity contribution in [2.24, 2.45) is 5.73 Å². The van der Waals surface area contributed by atoms with E-state index in [-0.39, 0.29) is 6.04 Å². The third-order valence-corrected chi connectivity index (χ3v) is 3.84. The van der Waals surface area contributed by atoms with Crippen molar-refractivity contribution in [2.45, 2.75) is 32.7 Å². The minimum atomic E-state index is 0.104. The standard InChI is InChI=1S/C15H24N2O/c1-11-9-15(18-3)12(2)8-13(11)14(16)10-17-6-4-5-7-17/h8-9,14H,4-7,10,16H2,1-3H3. The minimum Gasteiger partial charge on any atom is -0.496 e. The van der Waals surface area contributed by atoms with Crippen LogP contribution in [0.3, 0.4) is 0 Å². The fourth-order valence-electron chi connectivity index (χ4n) is 2.77. The summed E-state index contributed by atoms with van der Waals surface area (Å²) in [7, 11) is 1.71. The van der Waals surface area contributed by atoms with Crippen LogP contribution in [0.4, 0.5) is 0 Å². The highest BCUT2D eigenvalue weighted by atomic mass is 16.5. The highest BCUT2D eigenvalue weighted by molar-refractivity contribution is 5.42. The third-order valence-electron chi connectivity index (χ3n) is 3.84. The molecule has 3 heteroatoms. The maximum absolute atomic E-state index is 6.35. The van der Waals surface area contributed by atoms with Gasteiger partial charge in [0.25, 0.3) is 0 Å². The Bertz CT molecular complexity index is 411. The first-order chi connectivity index (χ1) is 8.61. The first kappa shape index (κ1) is 13.4. The van der Waals surface area contributed by atoms with E-state index in [0.717, 1.165) is 17.9 Å². The number of hydrogen-bond donors (Lipinski definition) is 1. The Labute approximate surface area is 110 Å². The topological polar surface area (TPSA) is 38.5 Å². The Kier molecular flexibility index (Phi) is 4.25. The van der Waals surface area contributed by atoms with E-state index in [1.807, 2.05) is 0 Å². The fraction of sp³-hybridized carbons (Fsp3) is 0.600. The molecule has 1 heterocycles. The normalized spacial score (nSPS) is 18.0. The second-order valence-corrected chi connectivity index (χ2v) is 5.29. The van der Waals surface area contributed by atoms with Crippen molar-refractivity contribution in [2.75, 3.05) is 26.7 Å². The number of aryl methyl sites for hydroxylation is 2. The summed E-state index contributed by atoms with van der Waals surface area (Å²) in [5.41, 5.74) is 9.99. The lowest BCUT2D eigenvalue weighted by Crippen LogP contribution is -2.30. The van der Waals surface area contributed by atoms with E-state index in [0.29, 0.717) is 0 Å². The molecule has 3 nitrogen and oxygen atoms in total. The van der Waals surface area contributed by atoms with Gasteiger partial charge in [-0.3, -0.25) is 0 Å². The quantitative estimate of drug-likeness (QED) is 0.889. The summed E-state index contributed by atoms with van der Waals surface area (Å²) >= 11 is 0. The lowest BCUT2D eigenvalue weighted by atomic mass is 9.98. The third kappa shape index (κ3) is 2.85. The van der Waals surface area contributed by atoms with Gasteiger partial charge < -0.3 is 15.4 Å². The molecule has 0 aromatic heterocycles. The first-order valence-corrected chi connectivity index (χ1v) is 6.75. The molecule has 1 aromatic carbocycles. The number of nitrogens with two attached hydrogens (primary N) is 1. The number of methoxy groups -OCH3 is 1. The lowest BCUT2D eigenvalue weighted by molar-refractivity contribution is 0.315. The maximum atomic E-state index is 6.35. The van der Waals surface area contributed by atoms with E-state index in [1.165, 1.54) is 37.1 Å². The van der Waals surface area contributed by atoms with Crippen LogP contribution in [0.1, 0.15) is 35.6 Å². The zero-order valence-corrected chi connectivity index (χ0v) is 11.7. The van der Waals surface area contributed by atoms with E-state index in [1.54, 1.807) is 7.11 Å². The summed E-state index contributed by atoms with van der Waals surface area (Å²) in [5, 5.41) is 0. The molecule has 1 saturated heterocycles. The van der Waals surface area contributed by atoms with Crippen molar-refractivity contribution in [3.63, 3.8) is 0 Å². The Hall–Kier alpha value is -1.06. The Morgan fingerprint density at radius 3 is 2.50 bits per heavy atom. The summed E-state index contributed by atoms with van der Waals surface area (Å²) in [4.78, 5) is 2.46. The number of rotatable bonds is 4. The molecule has 1 unspecified atom stereocenters. The van der Waals surface area contributed by atoms with Gasteiger partial charge in [-0.25, -0.2) is 0 Å². The molecule has 2 N–H and O–H groups in total. The number of hydrogen-bond acceptors (Lipinski definition) is 3. The van der Waals surface area contributed by atoms with Crippen LogP contribution >= 0.6 is 0 Å². The van der Waals surface area contributed by atoms with E-state index < -0.39 is 0 Å². The summed E-state index contributed by atoms with van der Waals surface area (Å²) in [6.07, 6.45) is 2.63. The summed E-state index contributed by atoms with van der Waals surface area (Å²) in [6, 6.07) is 4.37. The van der Waals surface area contributed by atoms with Crippen LogP contribution in [0.15, 0.2) is 12.1 Å². The van der Waals surface area contributed by atoms with Gasteiger partial charge in [-0.05, 0) is 62.5 Å². The minimum absolute atomic E-state index is 0.104. The molecule has 18 heavy (non-hydrogen) atoms. The molecule has 1 atom stereocenters. The Balaban J connectivity index is 2.13. The van der Waals surface area contributed by atoms with Crippen molar-refractivity contribution in [3.05, 3.63) is 28.8 Å². The maximum Gasteiger partial charge on any atom is 0.122 e. The van der Waals surface area contributed by atoms with Crippen LogP contribution < -0.4 is 10.5 Å². The number of ether oxygens (including phenoxy) is 1. The second kappa shape index (κ2) is 5.72. The molecule has 0 aliphatic carbocycles. The molecule has 1 aliphatic heterocycles. The molecule has 0 bridgehead atoms. The van der Waals surface area contributed by atoms with Crippen LogP contribution in [-0.2, 0) is 0 Å². The molecule has 0 saturated carbocycles. The van der Waals surface area contributed by atoms with Crippen LogP contribution in [0.2, 0.25) is 0 Å². The van der Waals surface area contributed by atoms with E-state index in [2.05, 4.69) is 30.9 Å². The molecule has 100 valence electrons. The lowest BCUT2D eigenvalue weighted by Gasteiger charge is -2.22. The zero-order valence-electron chi connectivity index (χ0n) is 11.7. The molecule has 1 fully saturated rings. The number of nitrogens with zero attached hydrogens (tertiary/aromatic N) is 1. The van der Waals surface area contributed by atoms with Crippen LogP contribution in [0, 0.1) is 13.8 Å². The molecular formula is C15H24N2O. The van der Waals surface area contributed by atoms with Gasteiger partial charge in [0.15, 0.2) is 0 Å². The van der Waals surface area contributed by atoms with Crippen molar-refractivity contribution in [1.82, 2.24) is 4.90 Å². The van der Waals surface area contributed by atoms with E-state index >= 15 is 0 Å². The molecule has 1 aromatic rings. The van der Waals surface area contributed by atoms with Gasteiger partial charge in [-0.15, -0.1) is 0 Å². The Morgan fingerprint density at radius 2 is 1.89 bits per heavy atom. The fourth-order valence-corrected chi connectivity index (χ4v) is 2.77. The van der Waals surface area contributed by atoms with Crippen molar-refractivity contribution in [1.29, 1.82) is 0 Å². The van der Waals surface area contributed by atoms with Crippen molar-refractivity contribution in [3.8, 4) is 5.75 Å². The van der Waals surface area contributed by atoms with Gasteiger partial charge in [0.2, 0.25) is 0 Å². The smallest absolute Gasteiger partial charge is 0.122 e. The highest BCUT2D eigenvalue weighted by Gasteiger charge is 2.18. The zero-order chi connectivity index (χ0) is 13.1. The average molecular weight is 248 g/mol. The SMILES string of the molecule is COc1cc(C)c(C(N)CN2CCCC2)cc1C. The Morgan fingerprint density at radius 1 is 1.22 bits per heavy atom. The molecule has 1 aliphatic rings. The first-order valence-electron chi connectivity index (χ1n) is 6.75. The predicted octanol–water partition coefficient (Wildman–Crippen LogP) is 2.41. The van der Waals surface area contributed by atoms with Gasteiger partial charge in [0.05, 0.1) is 7.11 Å². The van der Waals surface area contributed by atoms with Gasteiger partial charge in [-0.2, -0.15) is 0 Å². The second-order valence-electron chi connectivity index (χ2n) is 5.29. The molecule has 0 spiro atoms. The van der Waals surface area contributed by atoms with Crippen LogP contribution in [0.25, 0.3) is 0 Å². The van der Waals surface area contributed by atoms with Gasteiger partial charge in [0, 0.05) is 12.6 Å². The van der Waals surface area contributed by atoms with Gasteiger partial charge in [0.1, 0.15) is 5.75 Å². The van der Waals surface area contributed by atoms with Crippen LogP contribution in [-0.4, -0.2) is 31.6 Å². The van der Waals surface area contributed by atoms with Gasteiger partial charge >= 0.3 is 0 Å². The van der Waals surface area contributed by atoms with Crippen molar-refractivity contribution >= 4 is 0 Å². The summed E-state index contributed by atoms with van der Waals surface area (Å²) in [5.74, 6) is 0.949. The monoisotopic (exact) mass is 248 g/mol. The number of benzene rings is 1. The molecule has 0 radical (unpaired) electrons. The largest absolute Gasteiger partial charge is 0.496 e. The molecule has 2 rings (SSSR count). The van der Waals surface area contributed by atoms with E-state index in [9.17, 15) is 0 Å². The van der Waals surface area contributed by atoms with Crippen molar-refractivity contribution < 1.29 is 4.74 Å². The molecular weight excluding hydrogens is 224 g/mol. The molecule has 0 amide bonds. The summed E-state index contributed by atoms with van der Waals surface area (Å²) < 4.78 is 5.34. The number of likely N-dealkylation sites (tertiary alicyclic amines) is 1. The average Bonchev–Trinajstić information content (AvgIpc) is 2.84. The van der Waals surface area contributed by atoms with Crippen LogP contribution in [0.5, 0.6) is 5.75 Å².